The van der Waals surface area contributed by atoms with Crippen molar-refractivity contribution in [3.05, 3.63) is 0 Å². The van der Waals surface area contributed by atoms with Crippen LogP contribution in [0.25, 0.3) is 0 Å². The van der Waals surface area contributed by atoms with E-state index in [0.717, 1.165) is 11.8 Å². The lowest BCUT2D eigenvalue weighted by Crippen LogP contribution is -2.48. The van der Waals surface area contributed by atoms with Crippen LogP contribution in [0, 0.1) is 5.41 Å². The van der Waals surface area contributed by atoms with Crippen molar-refractivity contribution in [3.8, 4) is 0 Å². The van der Waals surface area contributed by atoms with Gasteiger partial charge in [0.1, 0.15) is 0 Å². The molecule has 9 heteroatoms. The first kappa shape index (κ1) is 20.4. The van der Waals surface area contributed by atoms with E-state index in [1.807, 2.05) is 0 Å². The molecule has 0 saturated carbocycles. The molecule has 0 radical (unpaired) electrons. The molecule has 0 aromatic rings. The lowest BCUT2D eigenvalue weighted by Gasteiger charge is -2.31. The standard InChI is InChI=1S/C15H24N2O6S/c1-15(2,9-18)13-14(22)17-6-5-10(19)16-7-8-24-12(21)4-3-11(20)23-13/h13,18H,3-9H2,1-2H3,(H,16,19)(H,17,22)/t13-/m0/s1. The number of aliphatic hydroxyl groups excluding tert-OH is 1. The molecule has 1 heterocycles. The van der Waals surface area contributed by atoms with Crippen molar-refractivity contribution >= 4 is 34.7 Å². The van der Waals surface area contributed by atoms with Crippen molar-refractivity contribution in [2.45, 2.75) is 39.2 Å². The van der Waals surface area contributed by atoms with Crippen molar-refractivity contribution in [1.29, 1.82) is 0 Å². The van der Waals surface area contributed by atoms with Gasteiger partial charge < -0.3 is 20.5 Å². The molecule has 1 aliphatic rings. The SMILES string of the molecule is CC(C)(CO)[C@H]1OC(=O)CCC(=O)SCCNC(=O)CCNC1=O. The zero-order valence-corrected chi connectivity index (χ0v) is 14.7. The van der Waals surface area contributed by atoms with Crippen LogP contribution in [0.3, 0.4) is 0 Å². The number of hydrogen-bond donors (Lipinski definition) is 3. The second-order valence-corrected chi connectivity index (χ2v) is 7.28. The summed E-state index contributed by atoms with van der Waals surface area (Å²) in [6, 6.07) is 0. The molecule has 0 spiro atoms. The zero-order chi connectivity index (χ0) is 18.2. The van der Waals surface area contributed by atoms with Crippen LogP contribution in [-0.2, 0) is 23.9 Å². The first-order valence-corrected chi connectivity index (χ1v) is 8.75. The third-order valence-corrected chi connectivity index (χ3v) is 4.41. The molecule has 0 unspecified atom stereocenters. The number of cyclic esters (lactones) is 1. The van der Waals surface area contributed by atoms with Gasteiger partial charge in [-0.3, -0.25) is 19.2 Å². The second-order valence-electron chi connectivity index (χ2n) is 6.13. The van der Waals surface area contributed by atoms with E-state index in [9.17, 15) is 24.3 Å². The van der Waals surface area contributed by atoms with Gasteiger partial charge in [0.2, 0.25) is 5.91 Å². The molecule has 24 heavy (non-hydrogen) atoms. The Hall–Kier alpha value is -1.61. The molecular weight excluding hydrogens is 336 g/mol. The van der Waals surface area contributed by atoms with E-state index in [2.05, 4.69) is 10.6 Å². The minimum absolute atomic E-state index is 0.00859. The van der Waals surface area contributed by atoms with Crippen LogP contribution in [0.5, 0.6) is 0 Å². The number of ether oxygens (including phenoxy) is 1. The normalized spacial score (nSPS) is 22.7. The van der Waals surface area contributed by atoms with E-state index in [4.69, 9.17) is 4.74 Å². The van der Waals surface area contributed by atoms with Gasteiger partial charge in [0, 0.05) is 37.1 Å². The minimum Gasteiger partial charge on any atom is -0.452 e. The Kier molecular flexibility index (Phi) is 8.20. The summed E-state index contributed by atoms with van der Waals surface area (Å²) in [4.78, 5) is 47.5. The topological polar surface area (TPSA) is 122 Å². The number of carbonyl (C=O) groups is 4. The first-order chi connectivity index (χ1) is 11.3. The van der Waals surface area contributed by atoms with E-state index in [1.165, 1.54) is 0 Å². The monoisotopic (exact) mass is 360 g/mol. The average molecular weight is 360 g/mol. The van der Waals surface area contributed by atoms with Crippen molar-refractivity contribution < 1.29 is 29.0 Å². The van der Waals surface area contributed by atoms with Gasteiger partial charge in [-0.2, -0.15) is 0 Å². The maximum atomic E-state index is 12.3. The Balaban J connectivity index is 2.84. The molecule has 0 aliphatic carbocycles. The van der Waals surface area contributed by atoms with Crippen LogP contribution >= 0.6 is 11.8 Å². The number of amides is 2. The van der Waals surface area contributed by atoms with Crippen LogP contribution in [0.1, 0.15) is 33.1 Å². The summed E-state index contributed by atoms with van der Waals surface area (Å²) in [5.41, 5.74) is -0.991. The Labute approximate surface area is 145 Å². The number of hydrogen-bond acceptors (Lipinski definition) is 7. The van der Waals surface area contributed by atoms with Gasteiger partial charge in [-0.15, -0.1) is 0 Å². The molecule has 1 saturated heterocycles. The molecule has 1 aliphatic heterocycles. The lowest BCUT2D eigenvalue weighted by atomic mass is 9.86. The summed E-state index contributed by atoms with van der Waals surface area (Å²) in [6.45, 7) is 3.24. The van der Waals surface area contributed by atoms with E-state index in [1.54, 1.807) is 13.8 Å². The van der Waals surface area contributed by atoms with Crippen LogP contribution in [0.15, 0.2) is 0 Å². The highest BCUT2D eigenvalue weighted by Gasteiger charge is 2.38. The van der Waals surface area contributed by atoms with Gasteiger partial charge in [-0.1, -0.05) is 25.6 Å². The molecular formula is C15H24N2O6S. The molecule has 3 N–H and O–H groups in total. The van der Waals surface area contributed by atoms with Crippen molar-refractivity contribution in [2.24, 2.45) is 5.41 Å². The second kappa shape index (κ2) is 9.63. The van der Waals surface area contributed by atoms with Crippen LogP contribution < -0.4 is 10.6 Å². The van der Waals surface area contributed by atoms with Gasteiger partial charge in [-0.25, -0.2) is 0 Å². The number of thioether (sulfide) groups is 1. The Morgan fingerprint density at radius 3 is 2.50 bits per heavy atom. The fourth-order valence-electron chi connectivity index (χ4n) is 1.95. The van der Waals surface area contributed by atoms with E-state index < -0.39 is 23.4 Å². The number of nitrogens with one attached hydrogen (secondary N) is 2. The predicted molar refractivity (Wildman–Crippen MR) is 88.1 cm³/mol. The first-order valence-electron chi connectivity index (χ1n) is 7.76. The Bertz CT molecular complexity index is 494. The number of esters is 1. The highest BCUT2D eigenvalue weighted by atomic mass is 32.2. The number of aliphatic hydroxyl groups is 1. The highest BCUT2D eigenvalue weighted by molar-refractivity contribution is 8.13. The van der Waals surface area contributed by atoms with Crippen molar-refractivity contribution in [3.63, 3.8) is 0 Å². The summed E-state index contributed by atoms with van der Waals surface area (Å²) < 4.78 is 5.20. The smallest absolute Gasteiger partial charge is 0.307 e. The van der Waals surface area contributed by atoms with Crippen LogP contribution in [-0.4, -0.2) is 59.6 Å². The molecule has 1 atom stereocenters. The van der Waals surface area contributed by atoms with E-state index in [0.29, 0.717) is 12.3 Å². The third-order valence-electron chi connectivity index (χ3n) is 3.48. The van der Waals surface area contributed by atoms with Crippen LogP contribution in [0.2, 0.25) is 0 Å². The van der Waals surface area contributed by atoms with Gasteiger partial charge >= 0.3 is 5.97 Å². The molecule has 1 rings (SSSR count). The lowest BCUT2D eigenvalue weighted by molar-refractivity contribution is -0.165. The van der Waals surface area contributed by atoms with Gasteiger partial charge in [0.15, 0.2) is 11.2 Å². The Morgan fingerprint density at radius 1 is 1.12 bits per heavy atom. The summed E-state index contributed by atoms with van der Waals surface area (Å²) in [6.07, 6.45) is -1.27. The summed E-state index contributed by atoms with van der Waals surface area (Å²) in [7, 11) is 0. The number of carbonyl (C=O) groups excluding carboxylic acids is 4. The van der Waals surface area contributed by atoms with Gasteiger partial charge in [-0.05, 0) is 0 Å². The highest BCUT2D eigenvalue weighted by Crippen LogP contribution is 2.24. The van der Waals surface area contributed by atoms with Crippen molar-refractivity contribution in [2.75, 3.05) is 25.4 Å². The molecule has 2 amide bonds. The fraction of sp³-hybridized carbons (Fsp3) is 0.733. The summed E-state index contributed by atoms with van der Waals surface area (Å²) >= 11 is 1.04. The molecule has 8 nitrogen and oxygen atoms in total. The number of rotatable bonds is 2. The zero-order valence-electron chi connectivity index (χ0n) is 13.9. The maximum Gasteiger partial charge on any atom is 0.307 e. The molecule has 0 bridgehead atoms. The van der Waals surface area contributed by atoms with Crippen LogP contribution in [0.4, 0.5) is 0 Å². The summed E-state index contributed by atoms with van der Waals surface area (Å²) in [5.74, 6) is -1.07. The molecule has 0 aromatic carbocycles. The largest absolute Gasteiger partial charge is 0.452 e. The third kappa shape index (κ3) is 6.88. The van der Waals surface area contributed by atoms with Gasteiger partial charge in [0.25, 0.3) is 5.91 Å². The molecule has 0 aromatic heterocycles. The Morgan fingerprint density at radius 2 is 1.83 bits per heavy atom. The summed E-state index contributed by atoms with van der Waals surface area (Å²) in [5, 5.41) is 14.5. The molecule has 136 valence electrons. The van der Waals surface area contributed by atoms with E-state index in [-0.39, 0.29) is 43.4 Å². The fourth-order valence-corrected chi connectivity index (χ4v) is 2.63. The quantitative estimate of drug-likeness (QED) is 0.572. The molecule has 1 fully saturated rings. The predicted octanol–water partition coefficient (Wildman–Crippen LogP) is -0.407. The van der Waals surface area contributed by atoms with Gasteiger partial charge in [0.05, 0.1) is 13.0 Å². The van der Waals surface area contributed by atoms with E-state index >= 15 is 0 Å². The minimum atomic E-state index is -1.20. The maximum absolute atomic E-state index is 12.3. The average Bonchev–Trinajstić information content (AvgIpc) is 2.53. The van der Waals surface area contributed by atoms with Crippen molar-refractivity contribution in [1.82, 2.24) is 10.6 Å².